The maximum absolute atomic E-state index is 10.2. The highest BCUT2D eigenvalue weighted by Gasteiger charge is 2.16. The molecule has 1 saturated carbocycles. The summed E-state index contributed by atoms with van der Waals surface area (Å²) in [7, 11) is 0. The van der Waals surface area contributed by atoms with Crippen LogP contribution in [0.1, 0.15) is 25.7 Å². The molecule has 1 aliphatic carbocycles. The summed E-state index contributed by atoms with van der Waals surface area (Å²) in [5.41, 5.74) is 4.79. The SMILES string of the molecule is NC(=O)OCCNCC(O)COC1CCCC1. The molecular weight excluding hydrogens is 224 g/mol. The molecule has 1 aliphatic rings. The summed E-state index contributed by atoms with van der Waals surface area (Å²) in [6, 6.07) is 0. The van der Waals surface area contributed by atoms with Gasteiger partial charge in [0, 0.05) is 13.1 Å². The van der Waals surface area contributed by atoms with Crippen LogP contribution in [-0.4, -0.2) is 49.7 Å². The van der Waals surface area contributed by atoms with Gasteiger partial charge in [0.25, 0.3) is 0 Å². The third kappa shape index (κ3) is 7.14. The van der Waals surface area contributed by atoms with Crippen LogP contribution in [0.15, 0.2) is 0 Å². The van der Waals surface area contributed by atoms with Crippen LogP contribution in [0.2, 0.25) is 0 Å². The van der Waals surface area contributed by atoms with Gasteiger partial charge in [0.2, 0.25) is 0 Å². The normalized spacial score (nSPS) is 18.2. The molecule has 0 bridgehead atoms. The van der Waals surface area contributed by atoms with E-state index in [0.29, 0.717) is 25.8 Å². The van der Waals surface area contributed by atoms with Gasteiger partial charge in [-0.05, 0) is 12.8 Å². The van der Waals surface area contributed by atoms with Crippen LogP contribution in [0, 0.1) is 0 Å². The fourth-order valence-corrected chi connectivity index (χ4v) is 1.85. The second-order valence-corrected chi connectivity index (χ2v) is 4.27. The summed E-state index contributed by atoms with van der Waals surface area (Å²) in [6.07, 6.45) is 3.68. The second-order valence-electron chi connectivity index (χ2n) is 4.27. The third-order valence-electron chi connectivity index (χ3n) is 2.73. The minimum atomic E-state index is -0.781. The third-order valence-corrected chi connectivity index (χ3v) is 2.73. The number of primary amides is 1. The Balaban J connectivity index is 1.90. The Bertz CT molecular complexity index is 220. The van der Waals surface area contributed by atoms with Crippen molar-refractivity contribution in [3.63, 3.8) is 0 Å². The van der Waals surface area contributed by atoms with E-state index in [1.54, 1.807) is 0 Å². The molecule has 0 aliphatic heterocycles. The first-order chi connectivity index (χ1) is 8.18. The van der Waals surface area contributed by atoms with Gasteiger partial charge in [0.1, 0.15) is 6.61 Å². The Kier molecular flexibility index (Phi) is 6.91. The van der Waals surface area contributed by atoms with Crippen LogP contribution < -0.4 is 11.1 Å². The number of carbonyl (C=O) groups excluding carboxylic acids is 1. The molecule has 1 unspecified atom stereocenters. The van der Waals surface area contributed by atoms with Gasteiger partial charge in [-0.3, -0.25) is 0 Å². The topological polar surface area (TPSA) is 93.8 Å². The predicted molar refractivity (Wildman–Crippen MR) is 62.6 cm³/mol. The summed E-state index contributed by atoms with van der Waals surface area (Å²) in [4.78, 5) is 10.2. The molecule has 0 spiro atoms. The smallest absolute Gasteiger partial charge is 0.404 e. The van der Waals surface area contributed by atoms with Crippen molar-refractivity contribution in [3.05, 3.63) is 0 Å². The van der Waals surface area contributed by atoms with Crippen molar-refractivity contribution in [1.82, 2.24) is 5.32 Å². The van der Waals surface area contributed by atoms with E-state index in [0.717, 1.165) is 12.8 Å². The van der Waals surface area contributed by atoms with Crippen molar-refractivity contribution < 1.29 is 19.4 Å². The summed E-state index contributed by atoms with van der Waals surface area (Å²) in [5.74, 6) is 0. The molecule has 6 heteroatoms. The van der Waals surface area contributed by atoms with Crippen LogP contribution in [0.4, 0.5) is 4.79 Å². The molecule has 1 rings (SSSR count). The molecule has 100 valence electrons. The molecule has 1 amide bonds. The van der Waals surface area contributed by atoms with E-state index in [-0.39, 0.29) is 6.61 Å². The molecule has 0 aromatic heterocycles. The van der Waals surface area contributed by atoms with Crippen molar-refractivity contribution in [1.29, 1.82) is 0 Å². The lowest BCUT2D eigenvalue weighted by Crippen LogP contribution is -2.34. The molecule has 1 fully saturated rings. The zero-order valence-electron chi connectivity index (χ0n) is 10.1. The van der Waals surface area contributed by atoms with Gasteiger partial charge in [-0.25, -0.2) is 4.79 Å². The van der Waals surface area contributed by atoms with E-state index in [1.165, 1.54) is 12.8 Å². The van der Waals surface area contributed by atoms with Crippen LogP contribution in [-0.2, 0) is 9.47 Å². The summed E-state index contributed by atoms with van der Waals surface area (Å²) < 4.78 is 10.1. The average Bonchev–Trinajstić information content (AvgIpc) is 2.78. The number of hydrogen-bond donors (Lipinski definition) is 3. The van der Waals surface area contributed by atoms with Gasteiger partial charge in [-0.1, -0.05) is 12.8 Å². The zero-order valence-corrected chi connectivity index (χ0v) is 10.1. The van der Waals surface area contributed by atoms with Gasteiger partial charge in [-0.15, -0.1) is 0 Å². The van der Waals surface area contributed by atoms with Crippen LogP contribution in [0.25, 0.3) is 0 Å². The number of amides is 1. The molecule has 0 aromatic carbocycles. The minimum Gasteiger partial charge on any atom is -0.448 e. The van der Waals surface area contributed by atoms with Gasteiger partial charge >= 0.3 is 6.09 Å². The monoisotopic (exact) mass is 246 g/mol. The molecule has 1 atom stereocenters. The first-order valence-electron chi connectivity index (χ1n) is 6.11. The van der Waals surface area contributed by atoms with Crippen LogP contribution >= 0.6 is 0 Å². The Hall–Kier alpha value is -0.850. The fraction of sp³-hybridized carbons (Fsp3) is 0.909. The first kappa shape index (κ1) is 14.2. The largest absolute Gasteiger partial charge is 0.448 e. The molecule has 0 aromatic rings. The highest BCUT2D eigenvalue weighted by atomic mass is 16.5. The summed E-state index contributed by atoms with van der Waals surface area (Å²) in [5, 5.41) is 12.6. The Morgan fingerprint density at radius 3 is 2.82 bits per heavy atom. The summed E-state index contributed by atoms with van der Waals surface area (Å²) >= 11 is 0. The number of ether oxygens (including phenoxy) is 2. The number of nitrogens with one attached hydrogen (secondary N) is 1. The number of carbonyl (C=O) groups is 1. The molecule has 0 saturated heterocycles. The Morgan fingerprint density at radius 1 is 1.47 bits per heavy atom. The number of nitrogens with two attached hydrogens (primary N) is 1. The zero-order chi connectivity index (χ0) is 12.5. The van der Waals surface area contributed by atoms with Crippen LogP contribution in [0.5, 0.6) is 0 Å². The maximum Gasteiger partial charge on any atom is 0.404 e. The number of aliphatic hydroxyl groups is 1. The van der Waals surface area contributed by atoms with E-state index in [4.69, 9.17) is 10.5 Å². The van der Waals surface area contributed by atoms with Gasteiger partial charge in [-0.2, -0.15) is 0 Å². The van der Waals surface area contributed by atoms with Crippen molar-refractivity contribution >= 4 is 6.09 Å². The highest BCUT2D eigenvalue weighted by molar-refractivity contribution is 5.64. The van der Waals surface area contributed by atoms with Crippen molar-refractivity contribution in [3.8, 4) is 0 Å². The Morgan fingerprint density at radius 2 is 2.18 bits per heavy atom. The number of hydrogen-bond acceptors (Lipinski definition) is 5. The maximum atomic E-state index is 10.2. The minimum absolute atomic E-state index is 0.214. The Labute approximate surface area is 101 Å². The fourth-order valence-electron chi connectivity index (χ4n) is 1.85. The lowest BCUT2D eigenvalue weighted by atomic mass is 10.3. The average molecular weight is 246 g/mol. The molecule has 6 nitrogen and oxygen atoms in total. The standard InChI is InChI=1S/C11H22N2O4/c12-11(15)16-6-5-13-7-9(14)8-17-10-3-1-2-4-10/h9-10,13-14H,1-8H2,(H2,12,15). The van der Waals surface area contributed by atoms with E-state index in [9.17, 15) is 9.90 Å². The van der Waals surface area contributed by atoms with E-state index >= 15 is 0 Å². The molecule has 4 N–H and O–H groups in total. The molecular formula is C11H22N2O4. The highest BCUT2D eigenvalue weighted by Crippen LogP contribution is 2.20. The quantitative estimate of drug-likeness (QED) is 0.524. The predicted octanol–water partition coefficient (Wildman–Crippen LogP) is -0.00860. The van der Waals surface area contributed by atoms with Crippen LogP contribution in [0.3, 0.4) is 0 Å². The molecule has 0 heterocycles. The number of rotatable bonds is 8. The van der Waals surface area contributed by atoms with Gasteiger partial charge < -0.3 is 25.6 Å². The summed E-state index contributed by atoms with van der Waals surface area (Å²) in [6.45, 7) is 1.47. The second kappa shape index (κ2) is 8.27. The molecule has 0 radical (unpaired) electrons. The van der Waals surface area contributed by atoms with E-state index in [2.05, 4.69) is 10.1 Å². The number of aliphatic hydroxyl groups excluding tert-OH is 1. The van der Waals surface area contributed by atoms with Gasteiger partial charge in [0.05, 0.1) is 18.8 Å². The van der Waals surface area contributed by atoms with Crippen molar-refractivity contribution in [2.24, 2.45) is 5.73 Å². The van der Waals surface area contributed by atoms with E-state index < -0.39 is 12.2 Å². The van der Waals surface area contributed by atoms with E-state index in [1.807, 2.05) is 0 Å². The first-order valence-corrected chi connectivity index (χ1v) is 6.11. The van der Waals surface area contributed by atoms with Gasteiger partial charge in [0.15, 0.2) is 0 Å². The molecule has 17 heavy (non-hydrogen) atoms. The van der Waals surface area contributed by atoms with Crippen molar-refractivity contribution in [2.75, 3.05) is 26.3 Å². The van der Waals surface area contributed by atoms with Crippen molar-refractivity contribution in [2.45, 2.75) is 37.9 Å². The lowest BCUT2D eigenvalue weighted by Gasteiger charge is -2.15. The lowest BCUT2D eigenvalue weighted by molar-refractivity contribution is -0.00563.